The van der Waals surface area contributed by atoms with Gasteiger partial charge in [-0.15, -0.1) is 0 Å². The average molecular weight is 289 g/mol. The van der Waals surface area contributed by atoms with Crippen LogP contribution in [0.15, 0.2) is 12.3 Å². The molecule has 3 rings (SSSR count). The summed E-state index contributed by atoms with van der Waals surface area (Å²) in [5.74, 6) is 0.851. The molecule has 118 valence electrons. The minimum atomic E-state index is 0.611. The van der Waals surface area contributed by atoms with Crippen LogP contribution in [0.1, 0.15) is 75.9 Å². The quantitative estimate of drug-likeness (QED) is 0.884. The lowest BCUT2D eigenvalue weighted by atomic mass is 9.82. The first-order chi connectivity index (χ1) is 10.4. The molecule has 0 aliphatic heterocycles. The molecule has 0 radical (unpaired) electrons. The van der Waals surface area contributed by atoms with E-state index in [1.54, 1.807) is 0 Å². The predicted octanol–water partition coefficient (Wildman–Crippen LogP) is 4.10. The largest absolute Gasteiger partial charge is 0.316 e. The second kappa shape index (κ2) is 7.44. The fraction of sp³-hybridized carbons (Fsp3) is 0.833. The van der Waals surface area contributed by atoms with Gasteiger partial charge in [-0.3, -0.25) is 4.68 Å². The third-order valence-corrected chi connectivity index (χ3v) is 5.63. The van der Waals surface area contributed by atoms with E-state index in [9.17, 15) is 0 Å². The molecule has 0 aromatic carbocycles. The summed E-state index contributed by atoms with van der Waals surface area (Å²) in [7, 11) is 2.12. The van der Waals surface area contributed by atoms with Gasteiger partial charge >= 0.3 is 0 Å². The second-order valence-corrected chi connectivity index (χ2v) is 7.08. The number of rotatable bonds is 5. The summed E-state index contributed by atoms with van der Waals surface area (Å²) in [6.07, 6.45) is 17.2. The molecule has 0 saturated heterocycles. The summed E-state index contributed by atoms with van der Waals surface area (Å²) in [5, 5.41) is 8.45. The number of nitrogens with one attached hydrogen (secondary N) is 1. The van der Waals surface area contributed by atoms with Gasteiger partial charge in [0.1, 0.15) is 0 Å². The third-order valence-electron chi connectivity index (χ3n) is 5.63. The first-order valence-electron chi connectivity index (χ1n) is 9.08. The van der Waals surface area contributed by atoms with Gasteiger partial charge in [0.05, 0.1) is 11.7 Å². The van der Waals surface area contributed by atoms with E-state index in [4.69, 9.17) is 5.10 Å². The number of aromatic nitrogens is 2. The highest BCUT2D eigenvalue weighted by molar-refractivity contribution is 5.03. The average Bonchev–Trinajstić information content (AvgIpc) is 3.03. The predicted molar refractivity (Wildman–Crippen MR) is 87.5 cm³/mol. The highest BCUT2D eigenvalue weighted by Gasteiger charge is 2.24. The van der Waals surface area contributed by atoms with Gasteiger partial charge < -0.3 is 5.32 Å². The topological polar surface area (TPSA) is 29.9 Å². The third kappa shape index (κ3) is 3.88. The molecule has 1 heterocycles. The van der Waals surface area contributed by atoms with E-state index in [1.165, 1.54) is 69.9 Å². The molecule has 2 saturated carbocycles. The Morgan fingerprint density at radius 2 is 1.76 bits per heavy atom. The van der Waals surface area contributed by atoms with Gasteiger partial charge in [0.25, 0.3) is 0 Å². The molecule has 0 bridgehead atoms. The van der Waals surface area contributed by atoms with Crippen LogP contribution in [0.3, 0.4) is 0 Å². The maximum Gasteiger partial charge on any atom is 0.0640 e. The highest BCUT2D eigenvalue weighted by atomic mass is 15.3. The van der Waals surface area contributed by atoms with Crippen LogP contribution >= 0.6 is 0 Å². The Morgan fingerprint density at radius 3 is 2.43 bits per heavy atom. The van der Waals surface area contributed by atoms with E-state index in [2.05, 4.69) is 29.3 Å². The molecule has 1 aromatic rings. The second-order valence-electron chi connectivity index (χ2n) is 7.08. The Balaban J connectivity index is 1.59. The van der Waals surface area contributed by atoms with Crippen LogP contribution < -0.4 is 5.32 Å². The van der Waals surface area contributed by atoms with Crippen molar-refractivity contribution >= 4 is 0 Å². The van der Waals surface area contributed by atoms with Gasteiger partial charge in [0.2, 0.25) is 0 Å². The summed E-state index contributed by atoms with van der Waals surface area (Å²) >= 11 is 0. The SMILES string of the molecule is CNC(Cc1ccn(C2CCCCC2)n1)C1CCCCC1. The first kappa shape index (κ1) is 15.1. The van der Waals surface area contributed by atoms with Crippen LogP contribution in [0.2, 0.25) is 0 Å². The van der Waals surface area contributed by atoms with Gasteiger partial charge in [-0.2, -0.15) is 5.10 Å². The zero-order chi connectivity index (χ0) is 14.5. The van der Waals surface area contributed by atoms with Gasteiger partial charge in [-0.05, 0) is 44.7 Å². The van der Waals surface area contributed by atoms with Crippen molar-refractivity contribution in [2.75, 3.05) is 7.05 Å². The van der Waals surface area contributed by atoms with E-state index < -0.39 is 0 Å². The normalized spacial score (nSPS) is 23.3. The maximum atomic E-state index is 4.89. The van der Waals surface area contributed by atoms with Crippen molar-refractivity contribution in [2.24, 2.45) is 5.92 Å². The van der Waals surface area contributed by atoms with Crippen LogP contribution in [0.25, 0.3) is 0 Å². The Bertz CT molecular complexity index is 414. The molecule has 2 aliphatic rings. The molecule has 21 heavy (non-hydrogen) atoms. The van der Waals surface area contributed by atoms with Crippen LogP contribution in [-0.2, 0) is 6.42 Å². The van der Waals surface area contributed by atoms with Gasteiger partial charge in [0.15, 0.2) is 0 Å². The van der Waals surface area contributed by atoms with Crippen molar-refractivity contribution in [1.82, 2.24) is 15.1 Å². The fourth-order valence-corrected chi connectivity index (χ4v) is 4.30. The Morgan fingerprint density at radius 1 is 1.10 bits per heavy atom. The molecule has 1 unspecified atom stereocenters. The molecule has 3 nitrogen and oxygen atoms in total. The lowest BCUT2D eigenvalue weighted by molar-refractivity contribution is 0.274. The molecular formula is C18H31N3. The molecule has 0 spiro atoms. The van der Waals surface area contributed by atoms with Crippen LogP contribution in [0, 0.1) is 5.92 Å². The molecule has 2 fully saturated rings. The zero-order valence-corrected chi connectivity index (χ0v) is 13.6. The van der Waals surface area contributed by atoms with E-state index in [1.807, 2.05) is 0 Å². The van der Waals surface area contributed by atoms with Crippen molar-refractivity contribution in [2.45, 2.75) is 82.7 Å². The van der Waals surface area contributed by atoms with Crippen molar-refractivity contribution in [1.29, 1.82) is 0 Å². The molecule has 1 N–H and O–H groups in total. The van der Waals surface area contributed by atoms with Crippen molar-refractivity contribution < 1.29 is 0 Å². The van der Waals surface area contributed by atoms with Crippen LogP contribution in [0.4, 0.5) is 0 Å². The molecular weight excluding hydrogens is 258 g/mol. The lowest BCUT2D eigenvalue weighted by Gasteiger charge is -2.29. The van der Waals surface area contributed by atoms with E-state index >= 15 is 0 Å². The number of likely N-dealkylation sites (N-methyl/N-ethyl adjacent to an activating group) is 1. The van der Waals surface area contributed by atoms with Gasteiger partial charge in [-0.25, -0.2) is 0 Å². The first-order valence-corrected chi connectivity index (χ1v) is 9.08. The Kier molecular flexibility index (Phi) is 5.34. The fourth-order valence-electron chi connectivity index (χ4n) is 4.30. The Hall–Kier alpha value is -0.830. The van der Waals surface area contributed by atoms with Gasteiger partial charge in [-0.1, -0.05) is 38.5 Å². The standard InChI is InChI=1S/C18H31N3/c1-19-18(15-8-4-2-5-9-15)14-16-12-13-21(20-16)17-10-6-3-7-11-17/h12-13,15,17-19H,2-11,14H2,1H3. The van der Waals surface area contributed by atoms with Crippen LogP contribution in [-0.4, -0.2) is 22.9 Å². The van der Waals surface area contributed by atoms with Crippen molar-refractivity contribution in [3.05, 3.63) is 18.0 Å². The minimum absolute atomic E-state index is 0.611. The molecule has 0 amide bonds. The maximum absolute atomic E-state index is 4.89. The monoisotopic (exact) mass is 289 g/mol. The minimum Gasteiger partial charge on any atom is -0.316 e. The lowest BCUT2D eigenvalue weighted by Crippen LogP contribution is -2.36. The molecule has 1 aromatic heterocycles. The van der Waals surface area contributed by atoms with E-state index in [0.717, 1.165) is 12.3 Å². The van der Waals surface area contributed by atoms with Crippen molar-refractivity contribution in [3.8, 4) is 0 Å². The number of hydrogen-bond donors (Lipinski definition) is 1. The summed E-state index contributed by atoms with van der Waals surface area (Å²) in [6.45, 7) is 0. The van der Waals surface area contributed by atoms with E-state index in [0.29, 0.717) is 12.1 Å². The number of hydrogen-bond acceptors (Lipinski definition) is 2. The number of nitrogens with zero attached hydrogens (tertiary/aromatic N) is 2. The highest BCUT2D eigenvalue weighted by Crippen LogP contribution is 2.29. The smallest absolute Gasteiger partial charge is 0.0640 e. The van der Waals surface area contributed by atoms with Gasteiger partial charge in [0, 0.05) is 18.7 Å². The molecule has 2 aliphatic carbocycles. The zero-order valence-electron chi connectivity index (χ0n) is 13.6. The van der Waals surface area contributed by atoms with Crippen LogP contribution in [0.5, 0.6) is 0 Å². The molecule has 1 atom stereocenters. The summed E-state index contributed by atoms with van der Waals surface area (Å²) in [6, 6.07) is 3.53. The summed E-state index contributed by atoms with van der Waals surface area (Å²) in [4.78, 5) is 0. The summed E-state index contributed by atoms with van der Waals surface area (Å²) in [5.41, 5.74) is 1.28. The Labute approximate surface area is 129 Å². The molecule has 3 heteroatoms. The summed E-state index contributed by atoms with van der Waals surface area (Å²) < 4.78 is 2.25. The van der Waals surface area contributed by atoms with E-state index in [-0.39, 0.29) is 0 Å². The van der Waals surface area contributed by atoms with Crippen molar-refractivity contribution in [3.63, 3.8) is 0 Å².